The highest BCUT2D eigenvalue weighted by Crippen LogP contribution is 2.16. The number of methoxy groups -OCH3 is 1. The molecule has 2 rings (SSSR count). The van der Waals surface area contributed by atoms with Gasteiger partial charge < -0.3 is 4.74 Å². The third-order valence-corrected chi connectivity index (χ3v) is 2.02. The maximum absolute atomic E-state index is 7.57. The molecule has 0 spiro atoms. The van der Waals surface area contributed by atoms with Gasteiger partial charge in [-0.25, -0.2) is 0 Å². The number of thiophene rings is 1. The van der Waals surface area contributed by atoms with E-state index in [1.165, 1.54) is 16.1 Å². The van der Waals surface area contributed by atoms with Crippen LogP contribution in [0, 0.1) is 0 Å². The molecule has 0 radical (unpaired) electrons. The first kappa shape index (κ1) is 7.16. The van der Waals surface area contributed by atoms with Gasteiger partial charge in [-0.3, -0.25) is 0 Å². The summed E-state index contributed by atoms with van der Waals surface area (Å²) in [6, 6.07) is 1.81. The SMILES string of the molecule is [2H]c1sccc1-c1nnn(COC)n1. The number of rotatable bonds is 3. The van der Waals surface area contributed by atoms with E-state index in [9.17, 15) is 0 Å². The van der Waals surface area contributed by atoms with Crippen LogP contribution in [-0.2, 0) is 11.5 Å². The fraction of sp³-hybridized carbons (Fsp3) is 0.286. The van der Waals surface area contributed by atoms with E-state index in [0.29, 0.717) is 16.7 Å². The van der Waals surface area contributed by atoms with Gasteiger partial charge in [0.05, 0.1) is 1.37 Å². The third-order valence-electron chi connectivity index (χ3n) is 1.41. The van der Waals surface area contributed by atoms with Gasteiger partial charge in [-0.2, -0.15) is 11.3 Å². The Hall–Kier alpha value is -1.27. The minimum atomic E-state index is 0.268. The molecule has 0 aromatic carbocycles. The normalized spacial score (nSPS) is 11.6. The molecular weight excluding hydrogens is 188 g/mol. The van der Waals surface area contributed by atoms with Gasteiger partial charge in [0.25, 0.3) is 0 Å². The lowest BCUT2D eigenvalue weighted by Gasteiger charge is -1.92. The number of tetrazole rings is 1. The van der Waals surface area contributed by atoms with Crippen LogP contribution in [0.4, 0.5) is 0 Å². The van der Waals surface area contributed by atoms with E-state index < -0.39 is 0 Å². The molecule has 13 heavy (non-hydrogen) atoms. The molecule has 0 bridgehead atoms. The smallest absolute Gasteiger partial charge is 0.205 e. The van der Waals surface area contributed by atoms with Crippen molar-refractivity contribution in [2.24, 2.45) is 0 Å². The van der Waals surface area contributed by atoms with Crippen LogP contribution in [0.1, 0.15) is 1.37 Å². The third kappa shape index (κ3) is 1.73. The van der Waals surface area contributed by atoms with E-state index in [2.05, 4.69) is 15.4 Å². The summed E-state index contributed by atoms with van der Waals surface area (Å²) in [7, 11) is 1.56. The number of hydrogen-bond acceptors (Lipinski definition) is 5. The highest BCUT2D eigenvalue weighted by molar-refractivity contribution is 7.08. The van der Waals surface area contributed by atoms with Crippen molar-refractivity contribution < 1.29 is 6.11 Å². The number of nitrogens with zero attached hydrogens (tertiary/aromatic N) is 4. The number of ether oxygens (including phenoxy) is 1. The van der Waals surface area contributed by atoms with Gasteiger partial charge in [0.15, 0.2) is 6.73 Å². The van der Waals surface area contributed by atoms with Crippen molar-refractivity contribution in [1.29, 1.82) is 0 Å². The average Bonchev–Trinajstić information content (AvgIpc) is 2.74. The quantitative estimate of drug-likeness (QED) is 0.736. The van der Waals surface area contributed by atoms with Crippen molar-refractivity contribution in [1.82, 2.24) is 20.2 Å². The van der Waals surface area contributed by atoms with Gasteiger partial charge in [-0.15, -0.1) is 15.0 Å². The molecule has 0 N–H and O–H groups in total. The van der Waals surface area contributed by atoms with E-state index >= 15 is 0 Å². The second-order valence-electron chi connectivity index (χ2n) is 2.34. The predicted octanol–water partition coefficient (Wildman–Crippen LogP) is 1.01. The van der Waals surface area contributed by atoms with Crippen LogP contribution in [0.25, 0.3) is 11.4 Å². The molecule has 0 aliphatic carbocycles. The molecule has 68 valence electrons. The summed E-state index contributed by atoms with van der Waals surface area (Å²) in [6.07, 6.45) is 0. The van der Waals surface area contributed by atoms with E-state index in [1.807, 2.05) is 5.38 Å². The van der Waals surface area contributed by atoms with Gasteiger partial charge >= 0.3 is 0 Å². The van der Waals surface area contributed by atoms with Gasteiger partial charge in [0.1, 0.15) is 0 Å². The van der Waals surface area contributed by atoms with Crippen molar-refractivity contribution in [2.75, 3.05) is 7.11 Å². The van der Waals surface area contributed by atoms with E-state index in [4.69, 9.17) is 6.11 Å². The van der Waals surface area contributed by atoms with Crippen LogP contribution in [-0.4, -0.2) is 27.3 Å². The Morgan fingerprint density at radius 3 is 3.38 bits per heavy atom. The molecule has 2 heterocycles. The number of aromatic nitrogens is 4. The molecule has 0 unspecified atom stereocenters. The summed E-state index contributed by atoms with van der Waals surface area (Å²) in [4.78, 5) is 1.34. The first-order valence-electron chi connectivity index (χ1n) is 4.12. The van der Waals surface area contributed by atoms with Crippen molar-refractivity contribution in [3.63, 3.8) is 0 Å². The topological polar surface area (TPSA) is 52.8 Å². The fourth-order valence-electron chi connectivity index (χ4n) is 0.875. The van der Waals surface area contributed by atoms with Crippen LogP contribution in [0.2, 0.25) is 0 Å². The zero-order valence-electron chi connectivity index (χ0n) is 7.97. The van der Waals surface area contributed by atoms with Crippen LogP contribution >= 0.6 is 11.3 Å². The fourth-order valence-corrected chi connectivity index (χ4v) is 1.43. The molecule has 5 nitrogen and oxygen atoms in total. The molecule has 2 aromatic rings. The van der Waals surface area contributed by atoms with Crippen LogP contribution in [0.5, 0.6) is 0 Å². The Morgan fingerprint density at radius 2 is 2.69 bits per heavy atom. The molecule has 0 aliphatic heterocycles. The minimum Gasteiger partial charge on any atom is -0.361 e. The van der Waals surface area contributed by atoms with Gasteiger partial charge in [0, 0.05) is 18.0 Å². The molecule has 0 atom stereocenters. The largest absolute Gasteiger partial charge is 0.361 e. The highest BCUT2D eigenvalue weighted by atomic mass is 32.1. The molecule has 0 aliphatic rings. The second kappa shape index (κ2) is 3.63. The molecule has 0 amide bonds. The summed E-state index contributed by atoms with van der Waals surface area (Å²) in [6.45, 7) is 0.268. The van der Waals surface area contributed by atoms with E-state index in [1.54, 1.807) is 13.2 Å². The lowest BCUT2D eigenvalue weighted by atomic mass is 10.3. The van der Waals surface area contributed by atoms with Crippen molar-refractivity contribution in [3.05, 3.63) is 16.8 Å². The average molecular weight is 197 g/mol. The maximum Gasteiger partial charge on any atom is 0.205 e. The Bertz CT molecular complexity index is 427. The second-order valence-corrected chi connectivity index (χ2v) is 3.05. The van der Waals surface area contributed by atoms with Gasteiger partial charge in [0.2, 0.25) is 5.82 Å². The molecule has 0 saturated heterocycles. The molecular formula is C7H8N4OS. The van der Waals surface area contributed by atoms with Gasteiger partial charge in [-0.1, -0.05) is 0 Å². The summed E-state index contributed by atoms with van der Waals surface area (Å²) >= 11 is 1.34. The number of hydrogen-bond donors (Lipinski definition) is 0. The molecule has 0 fully saturated rings. The Kier molecular flexibility index (Phi) is 2.00. The zero-order valence-corrected chi connectivity index (χ0v) is 7.78. The molecule has 0 saturated carbocycles. The Balaban J connectivity index is 2.29. The minimum absolute atomic E-state index is 0.268. The first-order valence-corrected chi connectivity index (χ1v) is 4.50. The van der Waals surface area contributed by atoms with Crippen LogP contribution < -0.4 is 0 Å². The van der Waals surface area contributed by atoms with Crippen molar-refractivity contribution in [3.8, 4) is 11.4 Å². The van der Waals surface area contributed by atoms with Crippen molar-refractivity contribution >= 4 is 11.3 Å². The Labute approximate surface area is 80.4 Å². The lowest BCUT2D eigenvalue weighted by molar-refractivity contribution is 0.107. The summed E-state index contributed by atoms with van der Waals surface area (Å²) in [5.41, 5.74) is 0.706. The summed E-state index contributed by atoms with van der Waals surface area (Å²) < 4.78 is 12.4. The van der Waals surface area contributed by atoms with E-state index in [-0.39, 0.29) is 6.73 Å². The van der Waals surface area contributed by atoms with Crippen LogP contribution in [0.15, 0.2) is 16.8 Å². The lowest BCUT2D eigenvalue weighted by Crippen LogP contribution is -2.03. The predicted molar refractivity (Wildman–Crippen MR) is 48.1 cm³/mol. The summed E-state index contributed by atoms with van der Waals surface area (Å²) in [5.74, 6) is 0.466. The maximum atomic E-state index is 7.57. The summed E-state index contributed by atoms with van der Waals surface area (Å²) in [5, 5.41) is 13.9. The monoisotopic (exact) mass is 197 g/mol. The molecule has 6 heteroatoms. The van der Waals surface area contributed by atoms with E-state index in [0.717, 1.165) is 0 Å². The zero-order chi connectivity index (χ0) is 9.97. The van der Waals surface area contributed by atoms with Crippen LogP contribution in [0.3, 0.4) is 0 Å². The Morgan fingerprint density at radius 1 is 1.77 bits per heavy atom. The van der Waals surface area contributed by atoms with Gasteiger partial charge in [-0.05, 0) is 16.7 Å². The van der Waals surface area contributed by atoms with Crippen molar-refractivity contribution in [2.45, 2.75) is 6.73 Å². The highest BCUT2D eigenvalue weighted by Gasteiger charge is 2.04. The first-order chi connectivity index (χ1) is 6.81. The standard InChI is InChI=1S/C7H8N4OS/c1-12-5-11-9-7(8-10-11)6-2-3-13-4-6/h2-4H,5H2,1H3/i4D. The molecule has 2 aromatic heterocycles.